The largest absolute Gasteiger partial charge is 0.369 e. The van der Waals surface area contributed by atoms with Crippen molar-refractivity contribution in [1.29, 1.82) is 0 Å². The van der Waals surface area contributed by atoms with Crippen molar-refractivity contribution in [1.82, 2.24) is 4.90 Å². The lowest BCUT2D eigenvalue weighted by Crippen LogP contribution is -2.39. The highest BCUT2D eigenvalue weighted by Gasteiger charge is 2.22. The topological polar surface area (TPSA) is 84.9 Å². The Kier molecular flexibility index (Phi) is 9.21. The molecule has 0 aliphatic rings. The van der Waals surface area contributed by atoms with Gasteiger partial charge in [-0.1, -0.05) is 41.9 Å². The minimum Gasteiger partial charge on any atom is -0.369 e. The third-order valence-corrected chi connectivity index (χ3v) is 5.33. The first-order valence-electron chi connectivity index (χ1n) is 10.1. The third kappa shape index (κ3) is 6.90. The second kappa shape index (κ2) is 11.6. The number of nitrogens with one attached hydrogen (secondary N) is 1. The first-order chi connectivity index (χ1) is 14.8. The average molecular weight is 491 g/mol. The zero-order valence-corrected chi connectivity index (χ0v) is 19.7. The van der Waals surface area contributed by atoms with Gasteiger partial charge in [-0.15, -0.1) is 0 Å². The summed E-state index contributed by atoms with van der Waals surface area (Å²) in [5.74, 6) is -1.63. The van der Waals surface area contributed by atoms with E-state index in [1.54, 1.807) is 42.5 Å². The van der Waals surface area contributed by atoms with Crippen molar-refractivity contribution in [3.05, 3.63) is 63.6 Å². The molecule has 0 bridgehead atoms. The maximum Gasteiger partial charge on any atom is 0.360 e. The van der Waals surface area contributed by atoms with Crippen LogP contribution in [0.25, 0.3) is 0 Å². The van der Waals surface area contributed by atoms with Gasteiger partial charge in [0.15, 0.2) is 5.78 Å². The molecule has 0 radical (unpaired) electrons. The Morgan fingerprint density at radius 2 is 1.68 bits per heavy atom. The summed E-state index contributed by atoms with van der Waals surface area (Å²) in [6, 6.07) is 12.3. The van der Waals surface area contributed by atoms with Crippen LogP contribution >= 0.6 is 15.9 Å². The molecular weight excluding hydrogens is 464 g/mol. The number of hydrogen-bond acceptors (Lipinski definition) is 7. The Labute approximate surface area is 190 Å². The molecule has 31 heavy (non-hydrogen) atoms. The molecule has 0 heterocycles. The van der Waals surface area contributed by atoms with E-state index in [4.69, 9.17) is 0 Å². The van der Waals surface area contributed by atoms with Crippen LogP contribution in [0, 0.1) is 0 Å². The number of rotatable bonds is 9. The summed E-state index contributed by atoms with van der Waals surface area (Å²) >= 11 is 3.38. The highest BCUT2D eigenvalue weighted by Crippen LogP contribution is 2.27. The van der Waals surface area contributed by atoms with Crippen LogP contribution in [0.15, 0.2) is 46.9 Å². The van der Waals surface area contributed by atoms with E-state index in [2.05, 4.69) is 49.8 Å². The number of benzene rings is 2. The lowest BCUT2D eigenvalue weighted by molar-refractivity contribution is -0.256. The number of carbonyl (C=O) groups is 3. The molecule has 2 aromatic carbocycles. The predicted molar refractivity (Wildman–Crippen MR) is 122 cm³/mol. The van der Waals surface area contributed by atoms with Gasteiger partial charge < -0.3 is 5.32 Å². The maximum atomic E-state index is 13.3. The van der Waals surface area contributed by atoms with E-state index in [1.807, 2.05) is 6.92 Å². The molecular formula is C23H27BrN2O5. The van der Waals surface area contributed by atoms with Gasteiger partial charge in [0, 0.05) is 22.5 Å². The quantitative estimate of drug-likeness (QED) is 0.242. The van der Waals surface area contributed by atoms with Crippen molar-refractivity contribution >= 4 is 39.3 Å². The summed E-state index contributed by atoms with van der Waals surface area (Å²) in [6.45, 7) is 8.88. The van der Waals surface area contributed by atoms with E-state index in [-0.39, 0.29) is 18.4 Å². The van der Waals surface area contributed by atoms with E-state index in [0.29, 0.717) is 22.4 Å². The van der Waals surface area contributed by atoms with Crippen LogP contribution in [0.3, 0.4) is 0 Å². The highest BCUT2D eigenvalue weighted by atomic mass is 79.9. The summed E-state index contributed by atoms with van der Waals surface area (Å²) in [5, 5.41) is 3.39. The molecule has 7 nitrogen and oxygen atoms in total. The van der Waals surface area contributed by atoms with Gasteiger partial charge >= 0.3 is 11.9 Å². The lowest BCUT2D eigenvalue weighted by atomic mass is 9.97. The van der Waals surface area contributed by atoms with E-state index < -0.39 is 11.9 Å². The zero-order chi connectivity index (χ0) is 23.0. The van der Waals surface area contributed by atoms with Crippen molar-refractivity contribution in [2.45, 2.75) is 40.3 Å². The van der Waals surface area contributed by atoms with Crippen molar-refractivity contribution in [2.24, 2.45) is 0 Å². The van der Waals surface area contributed by atoms with Crippen LogP contribution in [0.4, 0.5) is 5.69 Å². The Bertz CT molecular complexity index is 926. The van der Waals surface area contributed by atoms with Crippen molar-refractivity contribution in [2.75, 3.05) is 18.4 Å². The fourth-order valence-electron chi connectivity index (χ4n) is 3.23. The van der Waals surface area contributed by atoms with Gasteiger partial charge in [-0.25, -0.2) is 19.4 Å². The fraction of sp³-hybridized carbons (Fsp3) is 0.348. The fourth-order valence-corrected chi connectivity index (χ4v) is 3.49. The third-order valence-electron chi connectivity index (χ3n) is 4.80. The SMILES string of the molecule is CCN(CC)C(C)Nc1c(CC(=O)OOC(C)=O)cccc1C(=O)c1ccc(Br)cc1. The number of nitrogens with zero attached hydrogens (tertiary/aromatic N) is 1. The molecule has 1 unspecified atom stereocenters. The number of carbonyl (C=O) groups excluding carboxylic acids is 3. The first-order valence-corrected chi connectivity index (χ1v) is 10.9. The van der Waals surface area contributed by atoms with Crippen LogP contribution in [0.2, 0.25) is 0 Å². The number of ketones is 1. The van der Waals surface area contributed by atoms with Crippen molar-refractivity contribution in [3.63, 3.8) is 0 Å². The molecule has 2 rings (SSSR count). The van der Waals surface area contributed by atoms with Gasteiger partial charge in [0.1, 0.15) is 0 Å². The molecule has 166 valence electrons. The second-order valence-electron chi connectivity index (χ2n) is 6.92. The molecule has 1 atom stereocenters. The molecule has 0 spiro atoms. The Morgan fingerprint density at radius 1 is 1.03 bits per heavy atom. The van der Waals surface area contributed by atoms with Crippen LogP contribution in [0.5, 0.6) is 0 Å². The predicted octanol–water partition coefficient (Wildman–Crippen LogP) is 4.34. The standard InChI is InChI=1S/C23H27BrN2O5/c1-5-26(6-2)15(3)25-22-18(14-21(28)31-30-16(4)27)8-7-9-20(22)23(29)17-10-12-19(24)13-11-17/h7-13,15,25H,5-6,14H2,1-4H3. The van der Waals surface area contributed by atoms with Gasteiger partial charge in [0.05, 0.1) is 18.3 Å². The number of halogens is 1. The summed E-state index contributed by atoms with van der Waals surface area (Å²) in [5.41, 5.74) is 2.09. The zero-order valence-electron chi connectivity index (χ0n) is 18.1. The molecule has 0 fully saturated rings. The summed E-state index contributed by atoms with van der Waals surface area (Å²) in [7, 11) is 0. The smallest absolute Gasteiger partial charge is 0.360 e. The number of anilines is 1. The monoisotopic (exact) mass is 490 g/mol. The minimum absolute atomic E-state index is 0.0860. The van der Waals surface area contributed by atoms with E-state index >= 15 is 0 Å². The molecule has 0 amide bonds. The van der Waals surface area contributed by atoms with Crippen LogP contribution < -0.4 is 5.32 Å². The first kappa shape index (κ1) is 24.6. The van der Waals surface area contributed by atoms with Crippen LogP contribution in [-0.4, -0.2) is 41.9 Å². The number of para-hydroxylation sites is 1. The minimum atomic E-state index is -0.734. The van der Waals surface area contributed by atoms with Gasteiger partial charge in [0.2, 0.25) is 0 Å². The average Bonchev–Trinajstić information content (AvgIpc) is 2.74. The Morgan fingerprint density at radius 3 is 2.26 bits per heavy atom. The molecule has 8 heteroatoms. The second-order valence-corrected chi connectivity index (χ2v) is 7.84. The van der Waals surface area contributed by atoms with Crippen LogP contribution in [0.1, 0.15) is 49.2 Å². The highest BCUT2D eigenvalue weighted by molar-refractivity contribution is 9.10. The molecule has 1 N–H and O–H groups in total. The van der Waals surface area contributed by atoms with E-state index in [0.717, 1.165) is 24.5 Å². The van der Waals surface area contributed by atoms with Crippen molar-refractivity contribution < 1.29 is 24.2 Å². The molecule has 0 saturated carbocycles. The Balaban J connectivity index is 2.43. The van der Waals surface area contributed by atoms with Crippen LogP contribution in [-0.2, 0) is 25.8 Å². The van der Waals surface area contributed by atoms with Crippen molar-refractivity contribution in [3.8, 4) is 0 Å². The molecule has 0 aromatic heterocycles. The van der Waals surface area contributed by atoms with Gasteiger partial charge in [-0.2, -0.15) is 0 Å². The summed E-state index contributed by atoms with van der Waals surface area (Å²) in [4.78, 5) is 47.4. The normalized spacial score (nSPS) is 11.7. The number of hydrogen-bond donors (Lipinski definition) is 1. The van der Waals surface area contributed by atoms with Gasteiger partial charge in [0.25, 0.3) is 0 Å². The van der Waals surface area contributed by atoms with Gasteiger partial charge in [-0.05, 0) is 55.9 Å². The van der Waals surface area contributed by atoms with Gasteiger partial charge in [-0.3, -0.25) is 9.69 Å². The molecule has 0 aliphatic heterocycles. The summed E-state index contributed by atoms with van der Waals surface area (Å²) in [6.07, 6.45) is -0.251. The van der Waals surface area contributed by atoms with E-state index in [9.17, 15) is 14.4 Å². The molecule has 0 aliphatic carbocycles. The summed E-state index contributed by atoms with van der Waals surface area (Å²) < 4.78 is 0.875. The maximum absolute atomic E-state index is 13.3. The lowest BCUT2D eigenvalue weighted by Gasteiger charge is -2.29. The Hall–Kier alpha value is -2.71. The molecule has 2 aromatic rings. The molecule has 0 saturated heterocycles. The van der Waals surface area contributed by atoms with E-state index in [1.165, 1.54) is 0 Å².